The first kappa shape index (κ1) is 11.8. The van der Waals surface area contributed by atoms with Crippen LogP contribution in [0.2, 0.25) is 0 Å². The number of fused-ring (bicyclic) bond motifs is 3. The number of carbonyl (C=O) groups excluding carboxylic acids is 1. The molecule has 2 unspecified atom stereocenters. The second-order valence-corrected chi connectivity index (χ2v) is 5.80. The zero-order valence-corrected chi connectivity index (χ0v) is 11.1. The Kier molecular flexibility index (Phi) is 2.70. The summed E-state index contributed by atoms with van der Waals surface area (Å²) in [5, 5.41) is 17.1. The number of amides is 1. The summed E-state index contributed by atoms with van der Waals surface area (Å²) >= 11 is 0. The van der Waals surface area contributed by atoms with E-state index in [1.807, 2.05) is 18.2 Å². The van der Waals surface area contributed by atoms with E-state index in [1.54, 1.807) is 0 Å². The summed E-state index contributed by atoms with van der Waals surface area (Å²) in [6.45, 7) is 2.53. The predicted octanol–water partition coefficient (Wildman–Crippen LogP) is 0.430. The molecule has 0 radical (unpaired) electrons. The number of benzene rings is 1. The van der Waals surface area contributed by atoms with Gasteiger partial charge >= 0.3 is 0 Å². The predicted molar refractivity (Wildman–Crippen MR) is 73.7 cm³/mol. The Hall–Kier alpha value is -1.95. The van der Waals surface area contributed by atoms with Crippen molar-refractivity contribution >= 4 is 16.9 Å². The maximum Gasteiger partial charge on any atom is 0.224 e. The fourth-order valence-electron chi connectivity index (χ4n) is 3.48. The van der Waals surface area contributed by atoms with Crippen LogP contribution in [-0.4, -0.2) is 34.4 Å². The molecule has 6 heteroatoms. The third-order valence-corrected chi connectivity index (χ3v) is 4.58. The zero-order chi connectivity index (χ0) is 13.5. The lowest BCUT2D eigenvalue weighted by molar-refractivity contribution is -0.136. The fraction of sp³-hybridized carbons (Fsp3) is 0.500. The zero-order valence-electron chi connectivity index (χ0n) is 11.1. The number of piperidine rings is 2. The number of carbonyl (C=O) groups is 1. The van der Waals surface area contributed by atoms with Gasteiger partial charge in [-0.05, 0) is 49.0 Å². The largest absolute Gasteiger partial charge is 0.352 e. The first-order valence-electron chi connectivity index (χ1n) is 7.09. The van der Waals surface area contributed by atoms with Crippen LogP contribution in [0.3, 0.4) is 0 Å². The van der Waals surface area contributed by atoms with Gasteiger partial charge in [0.1, 0.15) is 11.0 Å². The minimum Gasteiger partial charge on any atom is -0.352 e. The number of H-pyrrole nitrogens is 1. The number of aromatic nitrogens is 3. The van der Waals surface area contributed by atoms with Crippen molar-refractivity contribution in [3.05, 3.63) is 23.8 Å². The standard InChI is InChI=1S/C14H17N5O/c20-14(13-9-4-10(13)7-15-6-9)16-5-8-1-2-11-12(3-8)18-19-17-11/h1-3,9-10,13,15H,4-7H2,(H,16,20)(H,17,18,19). The van der Waals surface area contributed by atoms with Crippen LogP contribution in [0.5, 0.6) is 0 Å². The van der Waals surface area contributed by atoms with Crippen LogP contribution in [0.15, 0.2) is 18.2 Å². The van der Waals surface area contributed by atoms with Crippen LogP contribution in [0.25, 0.3) is 11.0 Å². The molecular weight excluding hydrogens is 254 g/mol. The second-order valence-electron chi connectivity index (χ2n) is 5.80. The monoisotopic (exact) mass is 271 g/mol. The molecule has 1 aliphatic heterocycles. The molecule has 3 N–H and O–H groups in total. The van der Waals surface area contributed by atoms with Crippen molar-refractivity contribution in [2.45, 2.75) is 13.0 Å². The number of nitrogens with zero attached hydrogens (tertiary/aromatic N) is 2. The maximum absolute atomic E-state index is 12.3. The Morgan fingerprint density at radius 2 is 2.05 bits per heavy atom. The van der Waals surface area contributed by atoms with Crippen LogP contribution in [0.4, 0.5) is 0 Å². The molecule has 1 amide bonds. The van der Waals surface area contributed by atoms with E-state index in [4.69, 9.17) is 0 Å². The summed E-state index contributed by atoms with van der Waals surface area (Å²) in [4.78, 5) is 12.3. The summed E-state index contributed by atoms with van der Waals surface area (Å²) in [5.74, 6) is 1.48. The van der Waals surface area contributed by atoms with E-state index in [-0.39, 0.29) is 11.8 Å². The van der Waals surface area contributed by atoms with E-state index in [0.29, 0.717) is 18.4 Å². The molecule has 1 aromatic carbocycles. The van der Waals surface area contributed by atoms with Crippen LogP contribution in [0.1, 0.15) is 12.0 Å². The second kappa shape index (κ2) is 4.56. The lowest BCUT2D eigenvalue weighted by Crippen LogP contribution is -2.58. The molecule has 2 fully saturated rings. The van der Waals surface area contributed by atoms with Gasteiger partial charge in [-0.1, -0.05) is 6.07 Å². The maximum atomic E-state index is 12.3. The fourth-order valence-corrected chi connectivity index (χ4v) is 3.48. The van der Waals surface area contributed by atoms with Gasteiger partial charge < -0.3 is 10.6 Å². The molecule has 20 heavy (non-hydrogen) atoms. The van der Waals surface area contributed by atoms with Gasteiger partial charge in [-0.3, -0.25) is 4.79 Å². The quantitative estimate of drug-likeness (QED) is 0.756. The van der Waals surface area contributed by atoms with E-state index in [0.717, 1.165) is 29.7 Å². The van der Waals surface area contributed by atoms with Crippen molar-refractivity contribution in [1.29, 1.82) is 0 Å². The molecule has 1 aliphatic carbocycles. The Balaban J connectivity index is 1.41. The Bertz CT molecular complexity index is 638. The van der Waals surface area contributed by atoms with Crippen LogP contribution in [-0.2, 0) is 11.3 Å². The number of hydrogen-bond acceptors (Lipinski definition) is 4. The molecule has 2 aliphatic rings. The van der Waals surface area contributed by atoms with Crippen molar-refractivity contribution in [2.75, 3.05) is 13.1 Å². The Morgan fingerprint density at radius 1 is 1.25 bits per heavy atom. The Morgan fingerprint density at radius 3 is 2.85 bits per heavy atom. The third kappa shape index (κ3) is 1.87. The van der Waals surface area contributed by atoms with Crippen molar-refractivity contribution in [3.8, 4) is 0 Å². The normalized spacial score (nSPS) is 28.1. The molecule has 6 nitrogen and oxygen atoms in total. The van der Waals surface area contributed by atoms with E-state index < -0.39 is 0 Å². The number of hydrogen-bond donors (Lipinski definition) is 3. The lowest BCUT2D eigenvalue weighted by Gasteiger charge is -2.48. The van der Waals surface area contributed by atoms with E-state index >= 15 is 0 Å². The highest BCUT2D eigenvalue weighted by Crippen LogP contribution is 2.42. The summed E-state index contributed by atoms with van der Waals surface area (Å²) in [5.41, 5.74) is 2.74. The highest BCUT2D eigenvalue weighted by atomic mass is 16.1. The molecule has 4 rings (SSSR count). The average molecular weight is 271 g/mol. The summed E-state index contributed by atoms with van der Waals surface area (Å²) in [6, 6.07) is 5.86. The number of aromatic amines is 1. The molecule has 2 heterocycles. The highest BCUT2D eigenvalue weighted by Gasteiger charge is 2.47. The summed E-state index contributed by atoms with van der Waals surface area (Å²) in [7, 11) is 0. The third-order valence-electron chi connectivity index (χ3n) is 4.58. The van der Waals surface area contributed by atoms with Gasteiger partial charge in [0.25, 0.3) is 0 Å². The topological polar surface area (TPSA) is 82.7 Å². The van der Waals surface area contributed by atoms with Gasteiger partial charge in [0.15, 0.2) is 0 Å². The van der Waals surface area contributed by atoms with E-state index in [1.165, 1.54) is 6.42 Å². The van der Waals surface area contributed by atoms with Crippen molar-refractivity contribution in [1.82, 2.24) is 26.0 Å². The molecule has 2 bridgehead atoms. The molecule has 0 spiro atoms. The van der Waals surface area contributed by atoms with Crippen LogP contribution < -0.4 is 10.6 Å². The van der Waals surface area contributed by atoms with Gasteiger partial charge in [0.05, 0.1) is 0 Å². The van der Waals surface area contributed by atoms with E-state index in [2.05, 4.69) is 26.0 Å². The van der Waals surface area contributed by atoms with Crippen LogP contribution >= 0.6 is 0 Å². The Labute approximate surface area is 116 Å². The van der Waals surface area contributed by atoms with Crippen molar-refractivity contribution < 1.29 is 4.79 Å². The summed E-state index contributed by atoms with van der Waals surface area (Å²) < 4.78 is 0. The van der Waals surface area contributed by atoms with Crippen molar-refractivity contribution in [3.63, 3.8) is 0 Å². The molecule has 1 saturated heterocycles. The summed E-state index contributed by atoms with van der Waals surface area (Å²) in [6.07, 6.45) is 1.20. The molecule has 2 aromatic rings. The van der Waals surface area contributed by atoms with Crippen LogP contribution in [0, 0.1) is 17.8 Å². The SMILES string of the molecule is O=C(NCc1ccc2n[nH]nc2c1)C1C2CNCC1C2. The average Bonchev–Trinajstić information content (AvgIpc) is 2.93. The first-order valence-corrected chi connectivity index (χ1v) is 7.09. The number of nitrogens with one attached hydrogen (secondary N) is 3. The van der Waals surface area contributed by atoms with Crippen molar-refractivity contribution in [2.24, 2.45) is 17.8 Å². The van der Waals surface area contributed by atoms with Gasteiger partial charge in [-0.25, -0.2) is 0 Å². The molecule has 1 saturated carbocycles. The minimum absolute atomic E-state index is 0.202. The molecule has 1 aromatic heterocycles. The van der Waals surface area contributed by atoms with Gasteiger partial charge in [0, 0.05) is 12.5 Å². The minimum atomic E-state index is 0.202. The number of rotatable bonds is 3. The molecule has 2 atom stereocenters. The first-order chi connectivity index (χ1) is 9.81. The molecule has 104 valence electrons. The van der Waals surface area contributed by atoms with Gasteiger partial charge in [0.2, 0.25) is 5.91 Å². The smallest absolute Gasteiger partial charge is 0.224 e. The van der Waals surface area contributed by atoms with Gasteiger partial charge in [-0.15, -0.1) is 0 Å². The highest BCUT2D eigenvalue weighted by molar-refractivity contribution is 5.81. The lowest BCUT2D eigenvalue weighted by atomic mass is 9.62. The van der Waals surface area contributed by atoms with E-state index in [9.17, 15) is 4.79 Å². The van der Waals surface area contributed by atoms with Gasteiger partial charge in [-0.2, -0.15) is 15.4 Å². The molecular formula is C14H17N5O.